The lowest BCUT2D eigenvalue weighted by molar-refractivity contribution is -0.134. The van der Waals surface area contributed by atoms with Gasteiger partial charge in [-0.1, -0.05) is 32.9 Å². The number of nitrogens with zero attached hydrogens (tertiary/aromatic N) is 2. The minimum atomic E-state index is -0.143. The Balaban J connectivity index is 1.49. The maximum absolute atomic E-state index is 12.9. The number of nitrogens with one attached hydrogen (secondary N) is 2. The highest BCUT2D eigenvalue weighted by molar-refractivity contribution is 5.83. The number of aryl methyl sites for hydroxylation is 2. The number of rotatable bonds is 7. The first-order valence-corrected chi connectivity index (χ1v) is 9.95. The van der Waals surface area contributed by atoms with E-state index in [2.05, 4.69) is 43.5 Å². The molecule has 0 bridgehead atoms. The van der Waals surface area contributed by atoms with Crippen molar-refractivity contribution in [3.63, 3.8) is 0 Å². The summed E-state index contributed by atoms with van der Waals surface area (Å²) < 4.78 is 5.12. The van der Waals surface area contributed by atoms with Gasteiger partial charge in [0.15, 0.2) is 0 Å². The largest absolute Gasteiger partial charge is 0.361 e. The van der Waals surface area contributed by atoms with E-state index in [1.165, 1.54) is 0 Å². The van der Waals surface area contributed by atoms with Crippen molar-refractivity contribution in [3.05, 3.63) is 17.0 Å². The third kappa shape index (κ3) is 4.18. The maximum Gasteiger partial charge on any atom is 0.239 e. The fourth-order valence-electron chi connectivity index (χ4n) is 4.18. The van der Waals surface area contributed by atoms with Gasteiger partial charge in [0, 0.05) is 42.6 Å². The van der Waals surface area contributed by atoms with Crippen LogP contribution < -0.4 is 10.6 Å². The summed E-state index contributed by atoms with van der Waals surface area (Å²) in [6.07, 6.45) is 0.299. The summed E-state index contributed by atoms with van der Waals surface area (Å²) in [4.78, 5) is 27.2. The van der Waals surface area contributed by atoms with Crippen molar-refractivity contribution >= 4 is 11.8 Å². The SMILES string of the molecule is Cc1noc(C)c1CC(=O)NC1[C@@H]2CN(C(=O)C(NC(C)C)C(C)C)C[C@@H]12. The fourth-order valence-corrected chi connectivity index (χ4v) is 4.18. The average molecular weight is 377 g/mol. The molecular weight excluding hydrogens is 344 g/mol. The molecule has 0 aromatic carbocycles. The molecule has 150 valence electrons. The molecule has 1 aliphatic heterocycles. The van der Waals surface area contributed by atoms with Crippen LogP contribution in [0.2, 0.25) is 0 Å². The number of carbonyl (C=O) groups is 2. The van der Waals surface area contributed by atoms with Gasteiger partial charge in [0.1, 0.15) is 5.76 Å². The fraction of sp³-hybridized carbons (Fsp3) is 0.750. The van der Waals surface area contributed by atoms with Crippen molar-refractivity contribution in [1.82, 2.24) is 20.7 Å². The van der Waals surface area contributed by atoms with Crippen molar-refractivity contribution in [1.29, 1.82) is 0 Å². The predicted octanol–water partition coefficient (Wildman–Crippen LogP) is 1.43. The smallest absolute Gasteiger partial charge is 0.239 e. The van der Waals surface area contributed by atoms with E-state index in [1.54, 1.807) is 0 Å². The van der Waals surface area contributed by atoms with Gasteiger partial charge in [0.2, 0.25) is 11.8 Å². The van der Waals surface area contributed by atoms with Gasteiger partial charge in [-0.15, -0.1) is 0 Å². The molecule has 3 atom stereocenters. The van der Waals surface area contributed by atoms with Gasteiger partial charge in [-0.2, -0.15) is 0 Å². The molecule has 2 heterocycles. The van der Waals surface area contributed by atoms with Gasteiger partial charge in [0.05, 0.1) is 18.2 Å². The Morgan fingerprint density at radius 1 is 1.19 bits per heavy atom. The molecule has 2 amide bonds. The van der Waals surface area contributed by atoms with Crippen LogP contribution in [0.3, 0.4) is 0 Å². The zero-order valence-corrected chi connectivity index (χ0v) is 17.2. The van der Waals surface area contributed by atoms with Crippen LogP contribution in [0.15, 0.2) is 4.52 Å². The molecule has 27 heavy (non-hydrogen) atoms. The normalized spacial score (nSPS) is 25.0. The highest BCUT2D eigenvalue weighted by Crippen LogP contribution is 2.45. The number of hydrogen-bond acceptors (Lipinski definition) is 5. The Morgan fingerprint density at radius 3 is 2.30 bits per heavy atom. The number of piperidine rings is 1. The number of aromatic nitrogens is 1. The van der Waals surface area contributed by atoms with Gasteiger partial charge >= 0.3 is 0 Å². The molecule has 3 rings (SSSR count). The molecule has 1 saturated carbocycles. The molecule has 1 unspecified atom stereocenters. The second-order valence-corrected chi connectivity index (χ2v) is 8.69. The van der Waals surface area contributed by atoms with Gasteiger partial charge in [-0.3, -0.25) is 9.59 Å². The lowest BCUT2D eigenvalue weighted by Crippen LogP contribution is -2.52. The predicted molar refractivity (Wildman–Crippen MR) is 102 cm³/mol. The molecule has 0 spiro atoms. The van der Waals surface area contributed by atoms with Crippen LogP contribution >= 0.6 is 0 Å². The third-order valence-electron chi connectivity index (χ3n) is 5.80. The maximum atomic E-state index is 12.9. The van der Waals surface area contributed by atoms with Crippen LogP contribution in [0.1, 0.15) is 44.7 Å². The first kappa shape index (κ1) is 19.9. The average Bonchev–Trinajstić information content (AvgIpc) is 2.93. The van der Waals surface area contributed by atoms with Crippen LogP contribution in [-0.2, 0) is 16.0 Å². The van der Waals surface area contributed by atoms with E-state index in [4.69, 9.17) is 4.52 Å². The molecule has 1 aromatic heterocycles. The van der Waals surface area contributed by atoms with Crippen LogP contribution in [0.5, 0.6) is 0 Å². The van der Waals surface area contributed by atoms with Crippen molar-refractivity contribution in [2.24, 2.45) is 17.8 Å². The lowest BCUT2D eigenvalue weighted by Gasteiger charge is -2.30. The summed E-state index contributed by atoms with van der Waals surface area (Å²) in [5.41, 5.74) is 1.64. The van der Waals surface area contributed by atoms with Crippen molar-refractivity contribution < 1.29 is 14.1 Å². The molecule has 1 aliphatic carbocycles. The highest BCUT2D eigenvalue weighted by atomic mass is 16.5. The summed E-state index contributed by atoms with van der Waals surface area (Å²) in [6.45, 7) is 13.4. The van der Waals surface area contributed by atoms with Crippen molar-refractivity contribution in [3.8, 4) is 0 Å². The third-order valence-corrected chi connectivity index (χ3v) is 5.80. The summed E-state index contributed by atoms with van der Waals surface area (Å²) in [5.74, 6) is 1.91. The molecule has 2 aliphatic rings. The Kier molecular flexibility index (Phi) is 5.60. The highest BCUT2D eigenvalue weighted by Gasteiger charge is 2.57. The van der Waals surface area contributed by atoms with Crippen LogP contribution in [0.25, 0.3) is 0 Å². The van der Waals surface area contributed by atoms with Crippen LogP contribution in [0, 0.1) is 31.6 Å². The number of fused-ring (bicyclic) bond motifs is 1. The minimum absolute atomic E-state index is 0.00297. The molecule has 0 radical (unpaired) electrons. The van der Waals surface area contributed by atoms with Gasteiger partial charge in [-0.05, 0) is 19.8 Å². The zero-order valence-electron chi connectivity index (χ0n) is 17.2. The van der Waals surface area contributed by atoms with Crippen molar-refractivity contribution in [2.45, 2.75) is 66.1 Å². The second-order valence-electron chi connectivity index (χ2n) is 8.69. The summed E-state index contributed by atoms with van der Waals surface area (Å²) in [6, 6.07) is 0.322. The van der Waals surface area contributed by atoms with Gasteiger partial charge in [0.25, 0.3) is 0 Å². The number of carbonyl (C=O) groups excluding carboxylic acids is 2. The molecule has 2 N–H and O–H groups in total. The monoisotopic (exact) mass is 376 g/mol. The van der Waals surface area contributed by atoms with E-state index in [0.29, 0.717) is 24.0 Å². The molecule has 7 nitrogen and oxygen atoms in total. The first-order chi connectivity index (χ1) is 12.7. The lowest BCUT2D eigenvalue weighted by atomic mass is 10.0. The van der Waals surface area contributed by atoms with Gasteiger partial charge < -0.3 is 20.1 Å². The summed E-state index contributed by atoms with van der Waals surface area (Å²) in [5, 5.41) is 10.4. The van der Waals surface area contributed by atoms with E-state index < -0.39 is 0 Å². The molecule has 1 aromatic rings. The van der Waals surface area contributed by atoms with Crippen molar-refractivity contribution in [2.75, 3.05) is 13.1 Å². The van der Waals surface area contributed by atoms with E-state index in [9.17, 15) is 9.59 Å². The van der Waals surface area contributed by atoms with E-state index in [1.807, 2.05) is 18.7 Å². The van der Waals surface area contributed by atoms with Crippen LogP contribution in [0.4, 0.5) is 0 Å². The van der Waals surface area contributed by atoms with Gasteiger partial charge in [-0.25, -0.2) is 0 Å². The molecular formula is C20H32N4O3. The van der Waals surface area contributed by atoms with E-state index in [-0.39, 0.29) is 35.9 Å². The number of likely N-dealkylation sites (tertiary alicyclic amines) is 1. The zero-order chi connectivity index (χ0) is 19.9. The Morgan fingerprint density at radius 2 is 1.81 bits per heavy atom. The van der Waals surface area contributed by atoms with Crippen LogP contribution in [-0.4, -0.2) is 53.1 Å². The molecule has 7 heteroatoms. The molecule has 1 saturated heterocycles. The summed E-state index contributed by atoms with van der Waals surface area (Å²) >= 11 is 0. The quantitative estimate of drug-likeness (QED) is 0.752. The standard InChI is InChI=1S/C20H32N4O3/c1-10(2)18(21-11(3)4)20(26)24-8-15-16(9-24)19(15)22-17(25)7-14-12(5)23-27-13(14)6/h10-11,15-16,18-19,21H,7-9H2,1-6H3,(H,22,25)/t15-,16-,18?/m1/s1. The Hall–Kier alpha value is -1.89. The Bertz CT molecular complexity index is 681. The second kappa shape index (κ2) is 7.62. The van der Waals surface area contributed by atoms with E-state index >= 15 is 0 Å². The topological polar surface area (TPSA) is 87.5 Å². The van der Waals surface area contributed by atoms with E-state index in [0.717, 1.165) is 24.3 Å². The number of amides is 2. The first-order valence-electron chi connectivity index (χ1n) is 9.95. The minimum Gasteiger partial charge on any atom is -0.361 e. The number of hydrogen-bond donors (Lipinski definition) is 2. The molecule has 2 fully saturated rings. The Labute approximate surface area is 161 Å². The summed E-state index contributed by atoms with van der Waals surface area (Å²) in [7, 11) is 0.